The second-order valence-corrected chi connectivity index (χ2v) is 9.32. The molecule has 8 nitrogen and oxygen atoms in total. The molecule has 0 spiro atoms. The molecular weight excluding hydrogens is 442 g/mol. The van der Waals surface area contributed by atoms with Crippen molar-refractivity contribution in [2.45, 2.75) is 25.2 Å². The number of aromatic nitrogens is 2. The minimum Gasteiger partial charge on any atom is -0.497 e. The van der Waals surface area contributed by atoms with E-state index in [-0.39, 0.29) is 36.0 Å². The lowest BCUT2D eigenvalue weighted by atomic mass is 9.88. The Hall–Kier alpha value is -3.01. The number of ether oxygens (including phenoxy) is 2. The quantitative estimate of drug-likeness (QED) is 0.556. The van der Waals surface area contributed by atoms with E-state index in [1.54, 1.807) is 17.9 Å². The fourth-order valence-electron chi connectivity index (χ4n) is 5.37. The zero-order valence-corrected chi connectivity index (χ0v) is 19.2. The van der Waals surface area contributed by atoms with Crippen LogP contribution in [0.1, 0.15) is 16.7 Å². The van der Waals surface area contributed by atoms with Crippen molar-refractivity contribution < 1.29 is 19.4 Å². The van der Waals surface area contributed by atoms with Crippen molar-refractivity contribution in [2.75, 3.05) is 20.8 Å². The average molecular weight is 468 g/mol. The maximum atomic E-state index is 13.5. The van der Waals surface area contributed by atoms with Gasteiger partial charge >= 0.3 is 5.97 Å². The van der Waals surface area contributed by atoms with Crippen LogP contribution >= 0.6 is 11.3 Å². The van der Waals surface area contributed by atoms with Gasteiger partial charge in [0, 0.05) is 47.8 Å². The van der Waals surface area contributed by atoms with Gasteiger partial charge in [-0.2, -0.15) is 0 Å². The van der Waals surface area contributed by atoms with Gasteiger partial charge in [-0.15, -0.1) is 11.3 Å². The normalized spacial score (nSPS) is 23.8. The van der Waals surface area contributed by atoms with Gasteiger partial charge in [0.05, 0.1) is 26.8 Å². The van der Waals surface area contributed by atoms with E-state index in [4.69, 9.17) is 9.47 Å². The van der Waals surface area contributed by atoms with E-state index in [1.807, 2.05) is 46.7 Å². The molecule has 0 unspecified atom stereocenters. The Morgan fingerprint density at radius 1 is 1.27 bits per heavy atom. The first-order valence-electron chi connectivity index (χ1n) is 10.8. The Morgan fingerprint density at radius 3 is 2.82 bits per heavy atom. The highest BCUT2D eigenvalue weighted by atomic mass is 32.1. The molecule has 0 saturated carbocycles. The lowest BCUT2D eigenvalue weighted by Gasteiger charge is -2.29. The summed E-state index contributed by atoms with van der Waals surface area (Å²) < 4.78 is 12.2. The highest BCUT2D eigenvalue weighted by Gasteiger charge is 2.56. The van der Waals surface area contributed by atoms with Crippen molar-refractivity contribution in [3.05, 3.63) is 69.0 Å². The van der Waals surface area contributed by atoms with Crippen LogP contribution in [0.2, 0.25) is 0 Å². The average Bonchev–Trinajstić information content (AvgIpc) is 3.55. The van der Waals surface area contributed by atoms with Crippen LogP contribution in [0.25, 0.3) is 11.1 Å². The predicted molar refractivity (Wildman–Crippen MR) is 123 cm³/mol. The van der Waals surface area contributed by atoms with E-state index in [0.717, 1.165) is 16.3 Å². The summed E-state index contributed by atoms with van der Waals surface area (Å²) in [6.45, 7) is 0.714. The summed E-state index contributed by atoms with van der Waals surface area (Å²) in [6, 6.07) is 10.4. The molecule has 0 aliphatic carbocycles. The van der Waals surface area contributed by atoms with Crippen LogP contribution in [0.5, 0.6) is 5.75 Å². The number of likely N-dealkylation sites (tertiary alicyclic amines) is 1. The van der Waals surface area contributed by atoms with Gasteiger partial charge in [0.25, 0.3) is 5.56 Å². The molecule has 1 aromatic carbocycles. The van der Waals surface area contributed by atoms with Gasteiger partial charge in [0.15, 0.2) is 0 Å². The molecule has 1 N–H and O–H groups in total. The molecule has 2 aliphatic rings. The van der Waals surface area contributed by atoms with Crippen LogP contribution in [-0.4, -0.2) is 52.4 Å². The summed E-state index contributed by atoms with van der Waals surface area (Å²) in [4.78, 5) is 32.7. The second-order valence-electron chi connectivity index (χ2n) is 8.34. The molecule has 9 heteroatoms. The number of fused-ring (bicyclic) bond motifs is 3. The Bertz CT molecular complexity index is 1230. The minimum absolute atomic E-state index is 0.0874. The molecule has 1 fully saturated rings. The van der Waals surface area contributed by atoms with Crippen LogP contribution in [0.15, 0.2) is 52.8 Å². The van der Waals surface area contributed by atoms with Gasteiger partial charge in [0.2, 0.25) is 0 Å². The molecule has 4 heterocycles. The number of carbonyl (C=O) groups is 1. The Balaban J connectivity index is 1.59. The fraction of sp³-hybridized carbons (Fsp3) is 0.375. The maximum Gasteiger partial charge on any atom is 0.323 e. The van der Waals surface area contributed by atoms with Crippen molar-refractivity contribution in [1.29, 1.82) is 0 Å². The first-order valence-corrected chi connectivity index (χ1v) is 11.7. The third-order valence-electron chi connectivity index (χ3n) is 6.82. The first-order chi connectivity index (χ1) is 16.1. The summed E-state index contributed by atoms with van der Waals surface area (Å²) in [5.41, 5.74) is 2.14. The standard InChI is InChI=1S/C24H25N3O5S/c1-31-15-5-3-4-14(10-15)16-6-7-19-21-17(11-26(19)23(16)29)18(13-28)22(24(30)32-2)27(21)12-20-25-8-9-33-20/h3-10,17-18,21-22,28H,11-13H2,1-2H3/t17-,18-,21+,22-/m0/s1. The predicted octanol–water partition coefficient (Wildman–Crippen LogP) is 2.32. The third-order valence-corrected chi connectivity index (χ3v) is 7.58. The number of esters is 1. The number of carbonyl (C=O) groups excluding carboxylic acids is 1. The largest absolute Gasteiger partial charge is 0.497 e. The lowest BCUT2D eigenvalue weighted by Crippen LogP contribution is -2.43. The summed E-state index contributed by atoms with van der Waals surface area (Å²) in [5.74, 6) is -0.124. The van der Waals surface area contributed by atoms with Crippen LogP contribution < -0.4 is 10.3 Å². The van der Waals surface area contributed by atoms with Gasteiger partial charge in [-0.05, 0) is 29.8 Å². The zero-order chi connectivity index (χ0) is 23.1. The molecule has 172 valence electrons. The number of aliphatic hydroxyl groups excluding tert-OH is 1. The molecule has 0 radical (unpaired) electrons. The number of hydrogen-bond acceptors (Lipinski definition) is 8. The first kappa shape index (κ1) is 21.8. The molecule has 3 aromatic rings. The van der Waals surface area contributed by atoms with Gasteiger partial charge in [0.1, 0.15) is 16.8 Å². The number of methoxy groups -OCH3 is 2. The van der Waals surface area contributed by atoms with E-state index < -0.39 is 6.04 Å². The molecule has 1 saturated heterocycles. The maximum absolute atomic E-state index is 13.5. The van der Waals surface area contributed by atoms with Gasteiger partial charge in [-0.1, -0.05) is 12.1 Å². The fourth-order valence-corrected chi connectivity index (χ4v) is 5.99. The Labute approximate surface area is 195 Å². The number of thiazole rings is 1. The summed E-state index contributed by atoms with van der Waals surface area (Å²) >= 11 is 1.51. The van der Waals surface area contributed by atoms with Crippen LogP contribution in [-0.2, 0) is 22.6 Å². The number of pyridine rings is 1. The van der Waals surface area contributed by atoms with E-state index in [9.17, 15) is 14.7 Å². The molecule has 5 rings (SSSR count). The number of aliphatic hydroxyl groups is 1. The van der Waals surface area contributed by atoms with E-state index in [2.05, 4.69) is 4.98 Å². The SMILES string of the molecule is COC(=O)[C@@H]1[C@@H](CO)[C@@H]2Cn3c(ccc(-c4cccc(OC)c4)c3=O)[C@@H]2N1Cc1nccs1. The van der Waals surface area contributed by atoms with Crippen LogP contribution in [0.3, 0.4) is 0 Å². The highest BCUT2D eigenvalue weighted by molar-refractivity contribution is 7.09. The number of benzene rings is 1. The zero-order valence-electron chi connectivity index (χ0n) is 18.4. The highest BCUT2D eigenvalue weighted by Crippen LogP contribution is 2.50. The summed E-state index contributed by atoms with van der Waals surface area (Å²) in [7, 11) is 2.96. The number of nitrogens with zero attached hydrogens (tertiary/aromatic N) is 3. The van der Waals surface area contributed by atoms with Crippen molar-refractivity contribution in [3.8, 4) is 16.9 Å². The monoisotopic (exact) mass is 467 g/mol. The summed E-state index contributed by atoms with van der Waals surface area (Å²) in [6.07, 6.45) is 1.73. The van der Waals surface area contributed by atoms with Gasteiger partial charge in [-0.25, -0.2) is 4.98 Å². The van der Waals surface area contributed by atoms with Crippen molar-refractivity contribution in [2.24, 2.45) is 11.8 Å². The van der Waals surface area contributed by atoms with Crippen LogP contribution in [0.4, 0.5) is 0 Å². The van der Waals surface area contributed by atoms with Gasteiger partial charge < -0.3 is 19.1 Å². The number of rotatable bonds is 6. The molecule has 0 bridgehead atoms. The topological polar surface area (TPSA) is 93.9 Å². The van der Waals surface area contributed by atoms with Gasteiger partial charge in [-0.3, -0.25) is 14.5 Å². The lowest BCUT2D eigenvalue weighted by molar-refractivity contribution is -0.148. The molecule has 4 atom stereocenters. The van der Waals surface area contributed by atoms with Crippen molar-refractivity contribution in [3.63, 3.8) is 0 Å². The molecule has 0 amide bonds. The van der Waals surface area contributed by atoms with Crippen molar-refractivity contribution >= 4 is 17.3 Å². The minimum atomic E-state index is -0.596. The van der Waals surface area contributed by atoms with Crippen LogP contribution in [0, 0.1) is 11.8 Å². The summed E-state index contributed by atoms with van der Waals surface area (Å²) in [5, 5.41) is 13.0. The Kier molecular flexibility index (Phi) is 5.77. The van der Waals surface area contributed by atoms with Crippen molar-refractivity contribution in [1.82, 2.24) is 14.5 Å². The molecule has 2 aromatic heterocycles. The Morgan fingerprint density at radius 2 is 2.12 bits per heavy atom. The molecule has 33 heavy (non-hydrogen) atoms. The second kappa shape index (κ2) is 8.74. The van der Waals surface area contributed by atoms with E-state index in [0.29, 0.717) is 24.4 Å². The third kappa shape index (κ3) is 3.56. The van der Waals surface area contributed by atoms with E-state index >= 15 is 0 Å². The smallest absolute Gasteiger partial charge is 0.323 e. The van der Waals surface area contributed by atoms with E-state index in [1.165, 1.54) is 18.4 Å². The number of hydrogen-bond donors (Lipinski definition) is 1. The molecule has 2 aliphatic heterocycles. The molecular formula is C24H25N3O5S.